The van der Waals surface area contributed by atoms with Gasteiger partial charge in [-0.25, -0.2) is 9.97 Å². The third-order valence-electron chi connectivity index (χ3n) is 5.06. The zero-order chi connectivity index (χ0) is 19.2. The molecule has 1 aromatic carbocycles. The van der Waals surface area contributed by atoms with Crippen LogP contribution in [0, 0.1) is 12.8 Å². The van der Waals surface area contributed by atoms with E-state index in [1.54, 1.807) is 18.3 Å². The molecular formula is C19H18ClF3N4. The summed E-state index contributed by atoms with van der Waals surface area (Å²) < 4.78 is 38.8. The second kappa shape index (κ2) is 6.71. The van der Waals surface area contributed by atoms with Crippen LogP contribution < -0.4 is 4.90 Å². The molecule has 0 aliphatic carbocycles. The second-order valence-electron chi connectivity index (χ2n) is 6.88. The normalized spacial score (nSPS) is 16.3. The van der Waals surface area contributed by atoms with E-state index in [9.17, 15) is 13.2 Å². The van der Waals surface area contributed by atoms with Gasteiger partial charge in [0.15, 0.2) is 0 Å². The Morgan fingerprint density at radius 1 is 1.22 bits per heavy atom. The summed E-state index contributed by atoms with van der Waals surface area (Å²) in [5.41, 5.74) is 3.32. The minimum atomic E-state index is -4.13. The lowest BCUT2D eigenvalue weighted by atomic mass is 9.96. The molecule has 27 heavy (non-hydrogen) atoms. The number of anilines is 1. The van der Waals surface area contributed by atoms with Gasteiger partial charge in [0, 0.05) is 24.3 Å². The third kappa shape index (κ3) is 3.48. The fraction of sp³-hybridized carbons (Fsp3) is 0.368. The van der Waals surface area contributed by atoms with Gasteiger partial charge in [-0.05, 0) is 49.6 Å². The van der Waals surface area contributed by atoms with E-state index in [2.05, 4.69) is 15.0 Å². The van der Waals surface area contributed by atoms with E-state index >= 15 is 0 Å². The maximum absolute atomic E-state index is 12.9. The van der Waals surface area contributed by atoms with Crippen molar-refractivity contribution in [3.05, 3.63) is 41.0 Å². The first-order valence-corrected chi connectivity index (χ1v) is 9.13. The minimum Gasteiger partial charge on any atom is -0.356 e. The molecule has 4 rings (SSSR count). The number of rotatable bonds is 2. The van der Waals surface area contributed by atoms with Crippen LogP contribution in [0.2, 0.25) is 5.02 Å². The summed E-state index contributed by atoms with van der Waals surface area (Å²) in [6.07, 6.45) is -2.32. The van der Waals surface area contributed by atoms with Gasteiger partial charge in [-0.15, -0.1) is 0 Å². The molecule has 0 radical (unpaired) electrons. The average Bonchev–Trinajstić information content (AvgIpc) is 3.04. The Morgan fingerprint density at radius 3 is 2.67 bits per heavy atom. The summed E-state index contributed by atoms with van der Waals surface area (Å²) in [6, 6.07) is 7.41. The van der Waals surface area contributed by atoms with E-state index in [0.29, 0.717) is 29.8 Å². The molecule has 4 nitrogen and oxygen atoms in total. The molecule has 1 N–H and O–H groups in total. The van der Waals surface area contributed by atoms with Gasteiger partial charge in [-0.3, -0.25) is 0 Å². The molecule has 0 atom stereocenters. The van der Waals surface area contributed by atoms with Crippen molar-refractivity contribution in [1.29, 1.82) is 0 Å². The van der Waals surface area contributed by atoms with Gasteiger partial charge < -0.3 is 9.88 Å². The summed E-state index contributed by atoms with van der Waals surface area (Å²) in [7, 11) is 0. The number of pyridine rings is 1. The summed E-state index contributed by atoms with van der Waals surface area (Å²) in [4.78, 5) is 14.2. The lowest BCUT2D eigenvalue weighted by molar-refractivity contribution is -0.179. The lowest BCUT2D eigenvalue weighted by Crippen LogP contribution is -2.39. The van der Waals surface area contributed by atoms with Crippen molar-refractivity contribution in [3.63, 3.8) is 0 Å². The number of benzene rings is 1. The molecule has 1 aliphatic rings. The number of aryl methyl sites for hydroxylation is 1. The van der Waals surface area contributed by atoms with Gasteiger partial charge >= 0.3 is 6.18 Å². The molecule has 1 aliphatic heterocycles. The van der Waals surface area contributed by atoms with E-state index in [4.69, 9.17) is 11.6 Å². The van der Waals surface area contributed by atoms with Crippen molar-refractivity contribution in [1.82, 2.24) is 15.0 Å². The van der Waals surface area contributed by atoms with Gasteiger partial charge in [0.1, 0.15) is 11.6 Å². The zero-order valence-corrected chi connectivity index (χ0v) is 15.4. The molecule has 1 fully saturated rings. The molecule has 8 heteroatoms. The molecule has 142 valence electrons. The molecule has 3 aromatic rings. The number of nitrogens with one attached hydrogen (secondary N) is 1. The van der Waals surface area contributed by atoms with Gasteiger partial charge in [-0.2, -0.15) is 13.2 Å². The van der Waals surface area contributed by atoms with Crippen molar-refractivity contribution >= 4 is 28.5 Å². The Morgan fingerprint density at radius 2 is 1.96 bits per heavy atom. The van der Waals surface area contributed by atoms with Crippen LogP contribution in [-0.4, -0.2) is 34.2 Å². The van der Waals surface area contributed by atoms with Crippen molar-refractivity contribution < 1.29 is 13.2 Å². The third-order valence-corrected chi connectivity index (χ3v) is 5.47. The SMILES string of the molecule is Cc1cc2[nH]c(-c3cccnc3N3CCC(C(F)(F)F)CC3)nc2cc1Cl. The molecule has 2 aromatic heterocycles. The molecule has 3 heterocycles. The molecule has 0 bridgehead atoms. The number of hydrogen-bond acceptors (Lipinski definition) is 3. The number of imidazole rings is 1. The number of halogens is 4. The van der Waals surface area contributed by atoms with Crippen molar-refractivity contribution in [2.45, 2.75) is 25.9 Å². The number of piperidine rings is 1. The van der Waals surface area contributed by atoms with Crippen LogP contribution in [-0.2, 0) is 0 Å². The molecule has 0 unspecified atom stereocenters. The average molecular weight is 395 g/mol. The molecule has 1 saturated heterocycles. The van der Waals surface area contributed by atoms with Gasteiger partial charge in [-0.1, -0.05) is 11.6 Å². The number of fused-ring (bicyclic) bond motifs is 1. The number of alkyl halides is 3. The van der Waals surface area contributed by atoms with E-state index < -0.39 is 12.1 Å². The van der Waals surface area contributed by atoms with Gasteiger partial charge in [0.2, 0.25) is 0 Å². The number of H-pyrrole nitrogens is 1. The highest BCUT2D eigenvalue weighted by molar-refractivity contribution is 6.32. The first-order valence-electron chi connectivity index (χ1n) is 8.76. The standard InChI is InChI=1S/C19H18ClF3N4/c1-11-9-15-16(10-14(11)20)26-17(25-15)13-3-2-6-24-18(13)27-7-4-12(5-8-27)19(21,22)23/h2-3,6,9-10,12H,4-5,7-8H2,1H3,(H,25,26). The van der Waals surface area contributed by atoms with Crippen LogP contribution in [0.1, 0.15) is 18.4 Å². The van der Waals surface area contributed by atoms with Gasteiger partial charge in [0.25, 0.3) is 0 Å². The lowest BCUT2D eigenvalue weighted by Gasteiger charge is -2.34. The van der Waals surface area contributed by atoms with Crippen LogP contribution in [0.15, 0.2) is 30.5 Å². The Bertz CT molecular complexity index is 936. The smallest absolute Gasteiger partial charge is 0.356 e. The number of aromatic nitrogens is 3. The highest BCUT2D eigenvalue weighted by Crippen LogP contribution is 2.37. The maximum atomic E-state index is 12.9. The zero-order valence-electron chi connectivity index (χ0n) is 14.6. The maximum Gasteiger partial charge on any atom is 0.391 e. The van der Waals surface area contributed by atoms with E-state index in [1.165, 1.54) is 0 Å². The summed E-state index contributed by atoms with van der Waals surface area (Å²) in [5, 5.41) is 0.640. The first-order chi connectivity index (χ1) is 12.8. The molecule has 0 spiro atoms. The van der Waals surface area contributed by atoms with Crippen molar-refractivity contribution in [3.8, 4) is 11.4 Å². The van der Waals surface area contributed by atoms with Crippen LogP contribution in [0.25, 0.3) is 22.4 Å². The monoisotopic (exact) mass is 394 g/mol. The van der Waals surface area contributed by atoms with Gasteiger partial charge in [0.05, 0.1) is 22.5 Å². The fourth-order valence-corrected chi connectivity index (χ4v) is 3.68. The Balaban J connectivity index is 1.66. The quantitative estimate of drug-likeness (QED) is 0.636. The summed E-state index contributed by atoms with van der Waals surface area (Å²) >= 11 is 6.18. The number of aromatic amines is 1. The minimum absolute atomic E-state index is 0.0778. The highest BCUT2D eigenvalue weighted by Gasteiger charge is 2.41. The predicted molar refractivity (Wildman–Crippen MR) is 100 cm³/mol. The largest absolute Gasteiger partial charge is 0.391 e. The Hall–Kier alpha value is -2.28. The van der Waals surface area contributed by atoms with Crippen molar-refractivity contribution in [2.75, 3.05) is 18.0 Å². The fourth-order valence-electron chi connectivity index (χ4n) is 3.52. The predicted octanol–water partition coefficient (Wildman–Crippen LogP) is 5.37. The first kappa shape index (κ1) is 18.1. The molecule has 0 saturated carbocycles. The van der Waals surface area contributed by atoms with Crippen LogP contribution in [0.5, 0.6) is 0 Å². The Kier molecular flexibility index (Phi) is 4.50. The molecule has 0 amide bonds. The summed E-state index contributed by atoms with van der Waals surface area (Å²) in [5.74, 6) is 0.0462. The number of hydrogen-bond donors (Lipinski definition) is 1. The topological polar surface area (TPSA) is 44.8 Å². The van der Waals surface area contributed by atoms with E-state index in [1.807, 2.05) is 24.0 Å². The highest BCUT2D eigenvalue weighted by atomic mass is 35.5. The Labute approximate surface area is 159 Å². The number of nitrogens with zero attached hydrogens (tertiary/aromatic N) is 3. The van der Waals surface area contributed by atoms with Crippen LogP contribution >= 0.6 is 11.6 Å². The van der Waals surface area contributed by atoms with Crippen LogP contribution in [0.3, 0.4) is 0 Å². The second-order valence-corrected chi connectivity index (χ2v) is 7.29. The summed E-state index contributed by atoms with van der Waals surface area (Å²) in [6.45, 7) is 2.56. The van der Waals surface area contributed by atoms with E-state index in [-0.39, 0.29) is 12.8 Å². The van der Waals surface area contributed by atoms with Crippen molar-refractivity contribution in [2.24, 2.45) is 5.92 Å². The van der Waals surface area contributed by atoms with E-state index in [0.717, 1.165) is 22.2 Å². The van der Waals surface area contributed by atoms with Crippen LogP contribution in [0.4, 0.5) is 19.0 Å². The molecular weight excluding hydrogens is 377 g/mol.